The van der Waals surface area contributed by atoms with E-state index in [9.17, 15) is 19.0 Å². The molecule has 4 N–H and O–H groups in total. The van der Waals surface area contributed by atoms with Crippen LogP contribution in [-0.4, -0.2) is 56.4 Å². The normalized spacial score (nSPS) is 19.8. The Labute approximate surface area is 202 Å². The first kappa shape index (κ1) is 24.6. The number of carboxylic acids is 1. The molecule has 9 heteroatoms. The number of nitrogens with one attached hydrogen (secondary N) is 1. The largest absolute Gasteiger partial charge is 0.481 e. The Morgan fingerprint density at radius 2 is 1.94 bits per heavy atom. The van der Waals surface area contributed by atoms with Gasteiger partial charge in [0.15, 0.2) is 0 Å². The van der Waals surface area contributed by atoms with Crippen molar-refractivity contribution in [1.29, 1.82) is 0 Å². The van der Waals surface area contributed by atoms with Crippen LogP contribution in [0.25, 0.3) is 0 Å². The van der Waals surface area contributed by atoms with Gasteiger partial charge in [-0.2, -0.15) is 10.6 Å². The maximum atomic E-state index is 11.5. The average molecular weight is 490 g/mol. The van der Waals surface area contributed by atoms with Crippen LogP contribution in [0.2, 0.25) is 0 Å². The number of nitrogens with zero attached hydrogens (tertiary/aromatic N) is 2. The van der Waals surface area contributed by atoms with E-state index in [-0.39, 0.29) is 18.4 Å². The third kappa shape index (κ3) is 5.95. The fourth-order valence-corrected chi connectivity index (χ4v) is 6.44. The van der Waals surface area contributed by atoms with Crippen LogP contribution >= 0.6 is 10.6 Å². The van der Waals surface area contributed by atoms with Gasteiger partial charge in [0.2, 0.25) is 5.88 Å². The Morgan fingerprint density at radius 1 is 1.21 bits per heavy atom. The van der Waals surface area contributed by atoms with E-state index in [2.05, 4.69) is 40.3 Å². The number of methoxy groups -OCH3 is 1. The summed E-state index contributed by atoms with van der Waals surface area (Å²) in [6.07, 6.45) is 5.44. The third-order valence-corrected chi connectivity index (χ3v) is 8.68. The van der Waals surface area contributed by atoms with E-state index >= 15 is 0 Å². The smallest absolute Gasteiger partial charge is 0.303 e. The van der Waals surface area contributed by atoms with Crippen LogP contribution in [-0.2, 0) is 4.79 Å². The molecule has 2 heterocycles. The van der Waals surface area contributed by atoms with Crippen molar-refractivity contribution in [2.45, 2.75) is 51.0 Å². The number of hydrogen-bond donors (Lipinski definition) is 4. The second-order valence-corrected chi connectivity index (χ2v) is 11.7. The molecule has 0 spiro atoms. The van der Waals surface area contributed by atoms with Gasteiger partial charge < -0.3 is 20.1 Å². The van der Waals surface area contributed by atoms with E-state index in [0.29, 0.717) is 23.3 Å². The number of anilines is 3. The number of aliphatic carboxylic acids is 1. The second kappa shape index (κ2) is 10.4. The number of rotatable bonds is 10. The van der Waals surface area contributed by atoms with Gasteiger partial charge in [0, 0.05) is 30.2 Å². The van der Waals surface area contributed by atoms with E-state index in [1.807, 2.05) is 6.07 Å². The molecule has 4 rings (SSSR count). The molecule has 1 atom stereocenters. The molecule has 2 fully saturated rings. The Bertz CT molecular complexity index is 987. The summed E-state index contributed by atoms with van der Waals surface area (Å²) in [5, 5.41) is 13.0. The van der Waals surface area contributed by atoms with Crippen LogP contribution in [0.5, 0.6) is 5.88 Å². The van der Waals surface area contributed by atoms with Gasteiger partial charge in [-0.1, -0.05) is 6.07 Å². The molecule has 8 nitrogen and oxygen atoms in total. The van der Waals surface area contributed by atoms with E-state index < -0.39 is 16.6 Å². The zero-order valence-electron chi connectivity index (χ0n) is 19.8. The number of ether oxygens (including phenoxy) is 1. The highest BCUT2D eigenvalue weighted by Crippen LogP contribution is 2.48. The second-order valence-electron chi connectivity index (χ2n) is 9.26. The lowest BCUT2D eigenvalue weighted by Crippen LogP contribution is -2.40. The highest BCUT2D eigenvalue weighted by molar-refractivity contribution is 8.24. The quantitative estimate of drug-likeness (QED) is 0.344. The van der Waals surface area contributed by atoms with Crippen molar-refractivity contribution in [3.63, 3.8) is 0 Å². The molecule has 2 aliphatic rings. The van der Waals surface area contributed by atoms with Gasteiger partial charge in [-0.3, -0.25) is 13.9 Å². The standard InChI is InChI=1S/C25H35N3O5S/c1-3-28(20-10-12-34(31,32)13-11-20)23-8-6-18(21(15-25(29)30)17-4-5-17)14-22(23)27-19-7-9-24(33-2)26-16-19/h6-9,14,16-17,20-21,27,31-32H,3-5,10-13,15H2,1-2H3,(H,29,30). The van der Waals surface area contributed by atoms with Gasteiger partial charge in [0.05, 0.1) is 36.8 Å². The van der Waals surface area contributed by atoms with Crippen LogP contribution in [0, 0.1) is 5.92 Å². The molecule has 1 saturated carbocycles. The first-order chi connectivity index (χ1) is 16.3. The number of benzene rings is 1. The van der Waals surface area contributed by atoms with Crippen molar-refractivity contribution in [2.24, 2.45) is 5.92 Å². The molecular formula is C25H35N3O5S. The predicted octanol–water partition coefficient (Wildman–Crippen LogP) is 5.54. The molecule has 2 aromatic rings. The fourth-order valence-electron chi connectivity index (χ4n) is 4.94. The van der Waals surface area contributed by atoms with Crippen molar-refractivity contribution in [3.8, 4) is 5.88 Å². The van der Waals surface area contributed by atoms with Crippen LogP contribution in [0.1, 0.15) is 50.5 Å². The summed E-state index contributed by atoms with van der Waals surface area (Å²) in [5.41, 5.74) is 3.77. The molecule has 1 unspecified atom stereocenters. The fraction of sp³-hybridized carbons (Fsp3) is 0.520. The van der Waals surface area contributed by atoms with Crippen molar-refractivity contribution >= 4 is 33.6 Å². The topological polar surface area (TPSA) is 115 Å². The van der Waals surface area contributed by atoms with Gasteiger partial charge in [-0.15, -0.1) is 0 Å². The van der Waals surface area contributed by atoms with Gasteiger partial charge in [0.25, 0.3) is 0 Å². The van der Waals surface area contributed by atoms with E-state index in [1.165, 1.54) is 0 Å². The predicted molar refractivity (Wildman–Crippen MR) is 137 cm³/mol. The van der Waals surface area contributed by atoms with Crippen LogP contribution in [0.3, 0.4) is 0 Å². The molecule has 1 saturated heterocycles. The Balaban J connectivity index is 1.68. The molecular weight excluding hydrogens is 454 g/mol. The van der Waals surface area contributed by atoms with Crippen molar-refractivity contribution < 1.29 is 23.7 Å². The summed E-state index contributed by atoms with van der Waals surface area (Å²) in [4.78, 5) is 18.2. The molecule has 1 aromatic heterocycles. The number of carboxylic acid groups (broad SMARTS) is 1. The summed E-state index contributed by atoms with van der Waals surface area (Å²) >= 11 is 0. The lowest BCUT2D eigenvalue weighted by atomic mass is 9.90. The summed E-state index contributed by atoms with van der Waals surface area (Å²) in [6, 6.07) is 10.2. The van der Waals surface area contributed by atoms with Gasteiger partial charge in [-0.05, 0) is 68.2 Å². The molecule has 186 valence electrons. The zero-order valence-corrected chi connectivity index (χ0v) is 20.6. The first-order valence-corrected chi connectivity index (χ1v) is 13.8. The Kier molecular flexibility index (Phi) is 7.54. The van der Waals surface area contributed by atoms with E-state index in [0.717, 1.165) is 54.9 Å². The lowest BCUT2D eigenvalue weighted by Gasteiger charge is -2.44. The highest BCUT2D eigenvalue weighted by atomic mass is 32.3. The minimum absolute atomic E-state index is 0.00107. The number of aromatic nitrogens is 1. The first-order valence-electron chi connectivity index (χ1n) is 11.9. The van der Waals surface area contributed by atoms with Gasteiger partial charge in [0.1, 0.15) is 0 Å². The van der Waals surface area contributed by atoms with Crippen LogP contribution in [0.15, 0.2) is 36.5 Å². The van der Waals surface area contributed by atoms with E-state index in [1.54, 1.807) is 19.4 Å². The van der Waals surface area contributed by atoms with E-state index in [4.69, 9.17) is 4.74 Å². The molecule has 34 heavy (non-hydrogen) atoms. The minimum Gasteiger partial charge on any atom is -0.481 e. The van der Waals surface area contributed by atoms with Crippen molar-refractivity contribution in [2.75, 3.05) is 35.4 Å². The summed E-state index contributed by atoms with van der Waals surface area (Å²) < 4.78 is 25.3. The zero-order chi connectivity index (χ0) is 24.3. The highest BCUT2D eigenvalue weighted by Gasteiger charge is 2.35. The summed E-state index contributed by atoms with van der Waals surface area (Å²) in [7, 11) is -0.876. The van der Waals surface area contributed by atoms with Gasteiger partial charge in [-0.25, -0.2) is 4.98 Å². The van der Waals surface area contributed by atoms with Crippen molar-refractivity contribution in [3.05, 3.63) is 42.1 Å². The molecule has 0 radical (unpaired) electrons. The maximum absolute atomic E-state index is 11.5. The molecule has 1 aliphatic carbocycles. The molecule has 1 aliphatic heterocycles. The van der Waals surface area contributed by atoms with Crippen molar-refractivity contribution in [1.82, 2.24) is 4.98 Å². The molecule has 0 bridgehead atoms. The maximum Gasteiger partial charge on any atom is 0.303 e. The molecule has 0 amide bonds. The number of pyridine rings is 1. The number of carbonyl (C=O) groups is 1. The SMILES string of the molecule is CCN(c1ccc(C(CC(=O)O)C2CC2)cc1Nc1ccc(OC)nc1)C1CCS(O)(O)CC1. The van der Waals surface area contributed by atoms with Crippen LogP contribution in [0.4, 0.5) is 17.1 Å². The Morgan fingerprint density at radius 3 is 2.50 bits per heavy atom. The average Bonchev–Trinajstić information content (AvgIpc) is 3.65. The Hall–Kier alpha value is -2.49. The lowest BCUT2D eigenvalue weighted by molar-refractivity contribution is -0.137. The molecule has 1 aromatic carbocycles. The van der Waals surface area contributed by atoms with Crippen LogP contribution < -0.4 is 15.0 Å². The minimum atomic E-state index is -2.46. The summed E-state index contributed by atoms with van der Waals surface area (Å²) in [5.74, 6) is 1.04. The third-order valence-electron chi connectivity index (χ3n) is 6.91. The monoisotopic (exact) mass is 489 g/mol. The number of hydrogen-bond acceptors (Lipinski definition) is 7. The van der Waals surface area contributed by atoms with Gasteiger partial charge >= 0.3 is 5.97 Å². The summed E-state index contributed by atoms with van der Waals surface area (Å²) in [6.45, 7) is 2.89.